The van der Waals surface area contributed by atoms with Gasteiger partial charge in [-0.05, 0) is 78.9 Å². The van der Waals surface area contributed by atoms with Crippen LogP contribution in [0.15, 0.2) is 72.8 Å². The molecule has 0 spiro atoms. The topological polar surface area (TPSA) is 141 Å². The molecule has 1 saturated heterocycles. The minimum Gasteiger partial charge on any atom is -0.493 e. The van der Waals surface area contributed by atoms with E-state index in [1.165, 1.54) is 25.3 Å². The number of aromatic carboxylic acids is 1. The van der Waals surface area contributed by atoms with E-state index in [1.54, 1.807) is 48.5 Å². The van der Waals surface area contributed by atoms with Gasteiger partial charge in [-0.2, -0.15) is 0 Å². The number of urea groups is 1. The molecule has 0 bridgehead atoms. The summed E-state index contributed by atoms with van der Waals surface area (Å²) in [6, 6.07) is 14.0. The summed E-state index contributed by atoms with van der Waals surface area (Å²) < 4.78 is 23.1. The molecule has 0 aromatic heterocycles. The summed E-state index contributed by atoms with van der Waals surface area (Å²) in [6.45, 7) is 8.60. The highest BCUT2D eigenvalue weighted by molar-refractivity contribution is 6.31. The molecule has 0 aliphatic carbocycles. The number of ether oxygens (including phenoxy) is 4. The van der Waals surface area contributed by atoms with Gasteiger partial charge in [-0.15, -0.1) is 6.58 Å². The van der Waals surface area contributed by atoms with E-state index in [-0.39, 0.29) is 24.3 Å². The molecule has 0 saturated carbocycles. The van der Waals surface area contributed by atoms with Gasteiger partial charge in [0.2, 0.25) is 0 Å². The molecule has 2 N–H and O–H groups in total. The number of rotatable bonds is 15. The molecule has 240 valence electrons. The van der Waals surface area contributed by atoms with Crippen LogP contribution in [-0.2, 0) is 29.2 Å². The summed E-state index contributed by atoms with van der Waals surface area (Å²) in [5, 5.41) is 11.4. The normalized spacial score (nSPS) is 13.8. The molecular formula is C35H36N2O9. The van der Waals surface area contributed by atoms with Crippen LogP contribution < -0.4 is 24.3 Å². The number of amides is 4. The Hall–Kier alpha value is -5.58. The number of carbonyl (C=O) groups excluding carboxylic acids is 3. The Morgan fingerprint density at radius 1 is 0.935 bits per heavy atom. The molecule has 3 aromatic rings. The van der Waals surface area contributed by atoms with Gasteiger partial charge in [0.05, 0.1) is 32.4 Å². The Kier molecular flexibility index (Phi) is 11.2. The van der Waals surface area contributed by atoms with Crippen LogP contribution in [0.1, 0.15) is 52.9 Å². The van der Waals surface area contributed by atoms with Gasteiger partial charge in [0.15, 0.2) is 23.0 Å². The van der Waals surface area contributed by atoms with Crippen molar-refractivity contribution in [2.45, 2.75) is 39.8 Å². The molecular weight excluding hydrogens is 592 g/mol. The number of nitrogens with one attached hydrogen (secondary N) is 1. The third kappa shape index (κ3) is 7.92. The average Bonchev–Trinajstić information content (AvgIpc) is 3.04. The van der Waals surface area contributed by atoms with E-state index in [4.69, 9.17) is 24.1 Å². The van der Waals surface area contributed by atoms with Gasteiger partial charge in [-0.25, -0.2) is 9.59 Å². The van der Waals surface area contributed by atoms with Crippen molar-refractivity contribution in [2.24, 2.45) is 0 Å². The number of benzene rings is 3. The molecule has 3 aromatic carbocycles. The van der Waals surface area contributed by atoms with Gasteiger partial charge in [0, 0.05) is 5.56 Å². The molecule has 11 heteroatoms. The molecule has 1 aliphatic rings. The highest BCUT2D eigenvalue weighted by Crippen LogP contribution is 2.35. The fourth-order valence-corrected chi connectivity index (χ4v) is 4.73. The van der Waals surface area contributed by atoms with E-state index >= 15 is 0 Å². The number of barbiturate groups is 1. The lowest BCUT2D eigenvalue weighted by atomic mass is 10.0. The van der Waals surface area contributed by atoms with Crippen molar-refractivity contribution in [3.05, 3.63) is 101 Å². The zero-order chi connectivity index (χ0) is 33.2. The number of hydrogen-bond acceptors (Lipinski definition) is 8. The Morgan fingerprint density at radius 3 is 2.33 bits per heavy atom. The summed E-state index contributed by atoms with van der Waals surface area (Å²) in [4.78, 5) is 51.3. The van der Waals surface area contributed by atoms with Gasteiger partial charge in [0.1, 0.15) is 12.2 Å². The van der Waals surface area contributed by atoms with Crippen LogP contribution in [-0.4, -0.2) is 54.1 Å². The number of carbonyl (C=O) groups is 4. The predicted molar refractivity (Wildman–Crippen MR) is 170 cm³/mol. The first-order valence-corrected chi connectivity index (χ1v) is 14.7. The van der Waals surface area contributed by atoms with Crippen molar-refractivity contribution in [1.29, 1.82) is 0 Å². The molecule has 1 fully saturated rings. The van der Waals surface area contributed by atoms with E-state index in [1.807, 2.05) is 13.8 Å². The van der Waals surface area contributed by atoms with E-state index in [2.05, 4.69) is 11.9 Å². The molecule has 0 radical (unpaired) electrons. The van der Waals surface area contributed by atoms with Crippen molar-refractivity contribution >= 4 is 29.9 Å². The van der Waals surface area contributed by atoms with Crippen molar-refractivity contribution in [2.75, 3.05) is 20.3 Å². The van der Waals surface area contributed by atoms with Gasteiger partial charge in [-0.1, -0.05) is 31.2 Å². The predicted octanol–water partition coefficient (Wildman–Crippen LogP) is 5.55. The van der Waals surface area contributed by atoms with Crippen LogP contribution in [0.4, 0.5) is 4.79 Å². The number of carboxylic acids is 1. The lowest BCUT2D eigenvalue weighted by molar-refractivity contribution is -0.130. The Labute approximate surface area is 267 Å². The fourth-order valence-electron chi connectivity index (χ4n) is 4.73. The number of allylic oxidation sites excluding steroid dienone is 1. The van der Waals surface area contributed by atoms with Crippen LogP contribution in [0.2, 0.25) is 0 Å². The fraction of sp³-hybridized carbons (Fsp3) is 0.257. The van der Waals surface area contributed by atoms with Crippen molar-refractivity contribution in [3.8, 4) is 23.0 Å². The standard InChI is InChI=1S/C35H36N2O9/c1-5-8-26-16-24(19-30(43-4)31(26)46-21-22-9-12-25(13-10-22)34(40)41)17-27-32(38)36-35(42)37(33(27)39)20-23-11-14-28(45-15-6-2)29(18-23)44-7-3/h5,9-14,16-19H,1,6-8,15,20-21H2,2-4H3,(H,40,41)(H,36,38,42)/b27-17+. The van der Waals surface area contributed by atoms with Crippen LogP contribution in [0.25, 0.3) is 6.08 Å². The second-order valence-corrected chi connectivity index (χ2v) is 10.3. The Balaban J connectivity index is 1.61. The first-order chi connectivity index (χ1) is 22.2. The molecule has 4 rings (SSSR count). The summed E-state index contributed by atoms with van der Waals surface area (Å²) in [7, 11) is 1.46. The minimum atomic E-state index is -1.02. The largest absolute Gasteiger partial charge is 0.493 e. The number of methoxy groups -OCH3 is 1. The van der Waals surface area contributed by atoms with Gasteiger partial charge >= 0.3 is 12.0 Å². The van der Waals surface area contributed by atoms with Crippen LogP contribution in [0, 0.1) is 0 Å². The third-order valence-corrected chi connectivity index (χ3v) is 6.93. The summed E-state index contributed by atoms with van der Waals surface area (Å²) in [5.41, 5.74) is 2.43. The van der Waals surface area contributed by atoms with Crippen LogP contribution in [0.5, 0.6) is 23.0 Å². The number of imide groups is 2. The third-order valence-electron chi connectivity index (χ3n) is 6.93. The smallest absolute Gasteiger partial charge is 0.335 e. The van der Waals surface area contributed by atoms with Gasteiger partial charge < -0.3 is 24.1 Å². The highest BCUT2D eigenvalue weighted by Gasteiger charge is 2.36. The lowest BCUT2D eigenvalue weighted by Gasteiger charge is -2.27. The quantitative estimate of drug-likeness (QED) is 0.126. The number of carboxylic acid groups (broad SMARTS) is 1. The van der Waals surface area contributed by atoms with E-state index < -0.39 is 23.8 Å². The molecule has 11 nitrogen and oxygen atoms in total. The molecule has 0 unspecified atom stereocenters. The second-order valence-electron chi connectivity index (χ2n) is 10.3. The maximum absolute atomic E-state index is 13.5. The maximum atomic E-state index is 13.5. The van der Waals surface area contributed by atoms with Crippen molar-refractivity contribution in [1.82, 2.24) is 10.2 Å². The van der Waals surface area contributed by atoms with Crippen molar-refractivity contribution < 1.29 is 43.2 Å². The summed E-state index contributed by atoms with van der Waals surface area (Å²) in [5.74, 6) is -0.770. The lowest BCUT2D eigenvalue weighted by Crippen LogP contribution is -2.53. The van der Waals surface area contributed by atoms with Crippen LogP contribution in [0.3, 0.4) is 0 Å². The van der Waals surface area contributed by atoms with Gasteiger partial charge in [0.25, 0.3) is 11.8 Å². The zero-order valence-corrected chi connectivity index (χ0v) is 26.0. The van der Waals surface area contributed by atoms with Crippen molar-refractivity contribution in [3.63, 3.8) is 0 Å². The second kappa shape index (κ2) is 15.4. The van der Waals surface area contributed by atoms with Gasteiger partial charge in [-0.3, -0.25) is 19.8 Å². The SMILES string of the molecule is C=CCc1cc(/C=C2\C(=O)NC(=O)N(Cc3ccc(OCCC)c(OCC)c3)C2=O)cc(OC)c1OCc1ccc(C(=O)O)cc1. The first-order valence-electron chi connectivity index (χ1n) is 14.7. The molecule has 1 heterocycles. The molecule has 1 aliphatic heterocycles. The average molecular weight is 629 g/mol. The van der Waals surface area contributed by atoms with E-state index in [0.717, 1.165) is 16.9 Å². The minimum absolute atomic E-state index is 0.103. The highest BCUT2D eigenvalue weighted by atomic mass is 16.5. The van der Waals surface area contributed by atoms with Crippen LogP contribution >= 0.6 is 0 Å². The maximum Gasteiger partial charge on any atom is 0.335 e. The Morgan fingerprint density at radius 2 is 1.67 bits per heavy atom. The molecule has 46 heavy (non-hydrogen) atoms. The first kappa shape index (κ1) is 33.3. The molecule has 4 amide bonds. The van der Waals surface area contributed by atoms with E-state index in [0.29, 0.717) is 59.3 Å². The Bertz CT molecular complexity index is 1660. The monoisotopic (exact) mass is 628 g/mol. The summed E-state index contributed by atoms with van der Waals surface area (Å²) >= 11 is 0. The zero-order valence-electron chi connectivity index (χ0n) is 26.0. The molecule has 0 atom stereocenters. The van der Waals surface area contributed by atoms with E-state index in [9.17, 15) is 19.2 Å². The summed E-state index contributed by atoms with van der Waals surface area (Å²) in [6.07, 6.45) is 4.27. The number of hydrogen-bond donors (Lipinski definition) is 2. The number of nitrogens with zero attached hydrogens (tertiary/aromatic N) is 1.